The predicted octanol–water partition coefficient (Wildman–Crippen LogP) is 2.20. The molecule has 4 rings (SSSR count). The van der Waals surface area contributed by atoms with Crippen molar-refractivity contribution < 1.29 is 34.0 Å². The van der Waals surface area contributed by atoms with E-state index < -0.39 is 35.3 Å². The maximum absolute atomic E-state index is 11.9. The standard InChI is InChI=1S/C22H32O7/c1-13-8-19(29-14(2)24)21(11-23)17(4-5-18(26)22(21)12-28-22)20(13,3)9-16(25)15-6-7-27-10-15/h6-7,10,13,16-19,23,25-26H,4-5,8-9,11-12H2,1-3H3/t13-,16-,17-,18+,19+,20+,21+,22-/m1/s1. The van der Waals surface area contributed by atoms with Crippen molar-refractivity contribution in [3.8, 4) is 0 Å². The van der Waals surface area contributed by atoms with Crippen molar-refractivity contribution in [3.05, 3.63) is 24.2 Å². The number of epoxide rings is 1. The van der Waals surface area contributed by atoms with Gasteiger partial charge >= 0.3 is 5.97 Å². The monoisotopic (exact) mass is 408 g/mol. The molecule has 0 aromatic carbocycles. The fraction of sp³-hybridized carbons (Fsp3) is 0.773. The van der Waals surface area contributed by atoms with E-state index in [9.17, 15) is 20.1 Å². The number of hydrogen-bond donors (Lipinski definition) is 3. The van der Waals surface area contributed by atoms with Gasteiger partial charge in [-0.15, -0.1) is 0 Å². The zero-order chi connectivity index (χ0) is 21.0. The number of hydrogen-bond acceptors (Lipinski definition) is 7. The minimum absolute atomic E-state index is 0.0828. The van der Waals surface area contributed by atoms with E-state index in [4.69, 9.17) is 13.9 Å². The second-order valence-electron chi connectivity index (χ2n) is 9.54. The molecule has 1 aromatic heterocycles. The van der Waals surface area contributed by atoms with Crippen LogP contribution in [0.5, 0.6) is 0 Å². The first kappa shape index (κ1) is 20.8. The minimum atomic E-state index is -0.896. The normalized spacial score (nSPS) is 44.9. The third kappa shape index (κ3) is 2.89. The van der Waals surface area contributed by atoms with E-state index in [1.807, 2.05) is 0 Å². The van der Waals surface area contributed by atoms with E-state index in [-0.39, 0.29) is 23.9 Å². The number of rotatable bonds is 5. The Morgan fingerprint density at radius 3 is 2.69 bits per heavy atom. The summed E-state index contributed by atoms with van der Waals surface area (Å²) in [5.41, 5.74) is -1.42. The Morgan fingerprint density at radius 2 is 2.14 bits per heavy atom. The third-order valence-electron chi connectivity index (χ3n) is 8.33. The first-order valence-electron chi connectivity index (χ1n) is 10.5. The summed E-state index contributed by atoms with van der Waals surface area (Å²) in [6.45, 7) is 5.74. The highest BCUT2D eigenvalue weighted by atomic mass is 16.6. The quantitative estimate of drug-likeness (QED) is 0.506. The lowest BCUT2D eigenvalue weighted by molar-refractivity contribution is -0.245. The van der Waals surface area contributed by atoms with Crippen LogP contribution in [0.4, 0.5) is 0 Å². The average Bonchev–Trinajstić information content (AvgIpc) is 3.26. The van der Waals surface area contributed by atoms with Crippen LogP contribution in [-0.4, -0.2) is 52.3 Å². The van der Waals surface area contributed by atoms with Gasteiger partial charge in [0.25, 0.3) is 0 Å². The number of furan rings is 1. The number of carbonyl (C=O) groups excluding carboxylic acids is 1. The van der Waals surface area contributed by atoms with E-state index in [0.29, 0.717) is 32.3 Å². The number of aliphatic hydroxyl groups excluding tert-OH is 3. The molecule has 0 radical (unpaired) electrons. The number of carbonyl (C=O) groups is 1. The van der Waals surface area contributed by atoms with Crippen molar-refractivity contribution in [1.82, 2.24) is 0 Å². The van der Waals surface area contributed by atoms with Gasteiger partial charge in [-0.05, 0) is 49.0 Å². The van der Waals surface area contributed by atoms with Crippen LogP contribution in [0, 0.1) is 22.7 Å². The lowest BCUT2D eigenvalue weighted by Gasteiger charge is -2.63. The number of fused-ring (bicyclic) bond motifs is 2. The molecule has 7 heteroatoms. The van der Waals surface area contributed by atoms with Gasteiger partial charge in [0.1, 0.15) is 11.7 Å². The molecule has 0 unspecified atom stereocenters. The largest absolute Gasteiger partial charge is 0.472 e. The maximum Gasteiger partial charge on any atom is 0.302 e. The van der Waals surface area contributed by atoms with Crippen LogP contribution in [0.3, 0.4) is 0 Å². The smallest absolute Gasteiger partial charge is 0.302 e. The topological polar surface area (TPSA) is 113 Å². The van der Waals surface area contributed by atoms with E-state index in [0.717, 1.165) is 5.56 Å². The first-order chi connectivity index (χ1) is 13.7. The zero-order valence-electron chi connectivity index (χ0n) is 17.3. The molecule has 2 aliphatic carbocycles. The fourth-order valence-corrected chi connectivity index (χ4v) is 6.56. The Kier molecular flexibility index (Phi) is 5.09. The van der Waals surface area contributed by atoms with Gasteiger partial charge in [0.15, 0.2) is 0 Å². The average molecular weight is 408 g/mol. The molecule has 1 aliphatic heterocycles. The summed E-state index contributed by atoms with van der Waals surface area (Å²) in [5, 5.41) is 32.5. The predicted molar refractivity (Wildman–Crippen MR) is 103 cm³/mol. The maximum atomic E-state index is 11.9. The van der Waals surface area contributed by atoms with Gasteiger partial charge in [-0.25, -0.2) is 0 Å². The van der Waals surface area contributed by atoms with Gasteiger partial charge < -0.3 is 29.2 Å². The highest BCUT2D eigenvalue weighted by molar-refractivity contribution is 5.66. The molecule has 7 nitrogen and oxygen atoms in total. The Bertz CT molecular complexity index is 742. The van der Waals surface area contributed by atoms with Crippen molar-refractivity contribution >= 4 is 5.97 Å². The molecule has 29 heavy (non-hydrogen) atoms. The molecule has 2 saturated carbocycles. The van der Waals surface area contributed by atoms with Crippen LogP contribution in [-0.2, 0) is 14.3 Å². The second kappa shape index (κ2) is 7.08. The van der Waals surface area contributed by atoms with Gasteiger partial charge in [0, 0.05) is 12.5 Å². The van der Waals surface area contributed by atoms with Gasteiger partial charge in [0.05, 0.1) is 43.4 Å². The lowest BCUT2D eigenvalue weighted by Crippen LogP contribution is -2.70. The van der Waals surface area contributed by atoms with Crippen molar-refractivity contribution in [1.29, 1.82) is 0 Å². The summed E-state index contributed by atoms with van der Waals surface area (Å²) >= 11 is 0. The minimum Gasteiger partial charge on any atom is -0.472 e. The van der Waals surface area contributed by atoms with Crippen LogP contribution >= 0.6 is 0 Å². The lowest BCUT2D eigenvalue weighted by atomic mass is 9.42. The summed E-state index contributed by atoms with van der Waals surface area (Å²) in [4.78, 5) is 11.9. The third-order valence-corrected chi connectivity index (χ3v) is 8.33. The summed E-state index contributed by atoms with van der Waals surface area (Å²) in [6.07, 6.45) is 3.41. The van der Waals surface area contributed by atoms with Crippen LogP contribution in [0.25, 0.3) is 0 Å². The molecule has 162 valence electrons. The van der Waals surface area contributed by atoms with Crippen molar-refractivity contribution in [2.45, 2.75) is 70.4 Å². The summed E-state index contributed by atoms with van der Waals surface area (Å²) < 4.78 is 16.7. The van der Waals surface area contributed by atoms with Crippen molar-refractivity contribution in [2.75, 3.05) is 13.2 Å². The summed E-state index contributed by atoms with van der Waals surface area (Å²) in [7, 11) is 0. The zero-order valence-corrected chi connectivity index (χ0v) is 17.3. The van der Waals surface area contributed by atoms with Crippen LogP contribution in [0.2, 0.25) is 0 Å². The van der Waals surface area contributed by atoms with E-state index in [1.165, 1.54) is 6.92 Å². The Hall–Kier alpha value is -1.41. The summed E-state index contributed by atoms with van der Waals surface area (Å²) in [5.74, 6) is -0.351. The van der Waals surface area contributed by atoms with Crippen LogP contribution < -0.4 is 0 Å². The highest BCUT2D eigenvalue weighted by Crippen LogP contribution is 2.69. The molecular formula is C22H32O7. The van der Waals surface area contributed by atoms with E-state index in [1.54, 1.807) is 18.6 Å². The molecule has 0 bridgehead atoms. The molecular weight excluding hydrogens is 376 g/mol. The van der Waals surface area contributed by atoms with Gasteiger partial charge in [-0.2, -0.15) is 0 Å². The van der Waals surface area contributed by atoms with Gasteiger partial charge in [0.2, 0.25) is 0 Å². The Morgan fingerprint density at radius 1 is 1.41 bits per heavy atom. The van der Waals surface area contributed by atoms with Crippen molar-refractivity contribution in [2.24, 2.45) is 22.7 Å². The summed E-state index contributed by atoms with van der Waals surface area (Å²) in [6, 6.07) is 1.76. The van der Waals surface area contributed by atoms with Crippen LogP contribution in [0.15, 0.2) is 23.0 Å². The molecule has 3 N–H and O–H groups in total. The second-order valence-corrected chi connectivity index (χ2v) is 9.54. The highest BCUT2D eigenvalue weighted by Gasteiger charge is 2.77. The molecule has 1 aromatic rings. The first-order valence-corrected chi connectivity index (χ1v) is 10.5. The number of ether oxygens (including phenoxy) is 2. The fourth-order valence-electron chi connectivity index (χ4n) is 6.56. The molecule has 3 aliphatic rings. The molecule has 1 spiro atoms. The van der Waals surface area contributed by atoms with Crippen LogP contribution in [0.1, 0.15) is 58.1 Å². The Labute approximate surface area is 171 Å². The molecule has 3 fully saturated rings. The van der Waals surface area contributed by atoms with E-state index >= 15 is 0 Å². The van der Waals surface area contributed by atoms with E-state index in [2.05, 4.69) is 13.8 Å². The SMILES string of the molecule is CC(=O)O[C@H]1C[C@@H](C)[C@](C)(C[C@@H](O)c2ccoc2)[C@H]2CC[C@H](O)[C@]3(CO3)[C@]12CO. The number of aliphatic hydroxyl groups is 3. The molecule has 0 amide bonds. The van der Waals surface area contributed by atoms with Gasteiger partial charge in [-0.3, -0.25) is 4.79 Å². The molecule has 2 heterocycles. The Balaban J connectivity index is 1.76. The van der Waals surface area contributed by atoms with Crippen molar-refractivity contribution in [3.63, 3.8) is 0 Å². The molecule has 8 atom stereocenters. The van der Waals surface area contributed by atoms with Gasteiger partial charge in [-0.1, -0.05) is 13.8 Å². The molecule has 1 saturated heterocycles. The number of esters is 1.